The van der Waals surface area contributed by atoms with Gasteiger partial charge in [0.1, 0.15) is 12.4 Å². The molecule has 92 valence electrons. The molecule has 0 amide bonds. The molecule has 0 saturated carbocycles. The van der Waals surface area contributed by atoms with E-state index in [1.165, 1.54) is 21.4 Å². The monoisotopic (exact) mass is 357 g/mol. The van der Waals surface area contributed by atoms with Crippen molar-refractivity contribution in [3.05, 3.63) is 40.6 Å². The zero-order valence-electron chi connectivity index (χ0n) is 9.52. The lowest BCUT2D eigenvalue weighted by atomic mass is 10.2. The maximum Gasteiger partial charge on any atom is 0.346 e. The molecule has 0 aliphatic rings. The molecule has 0 atom stereocenters. The minimum absolute atomic E-state index is 0.242. The van der Waals surface area contributed by atoms with E-state index in [0.29, 0.717) is 11.4 Å². The Morgan fingerprint density at radius 3 is 2.67 bits per heavy atom. The van der Waals surface area contributed by atoms with Gasteiger partial charge in [-0.3, -0.25) is 4.57 Å². The summed E-state index contributed by atoms with van der Waals surface area (Å²) in [5.41, 5.74) is 0.450. The average molecular weight is 357 g/mol. The molecule has 18 heavy (non-hydrogen) atoms. The molecule has 4 nitrogen and oxygen atoms in total. The molecule has 0 bridgehead atoms. The van der Waals surface area contributed by atoms with Crippen molar-refractivity contribution in [1.82, 2.24) is 14.3 Å². The Bertz CT molecular complexity index is 676. The highest BCUT2D eigenvalue weighted by molar-refractivity contribution is 14.1. The molecule has 1 aromatic carbocycles. The third-order valence-electron chi connectivity index (χ3n) is 2.44. The summed E-state index contributed by atoms with van der Waals surface area (Å²) in [6, 6.07) is 5.85. The van der Waals surface area contributed by atoms with E-state index in [4.69, 9.17) is 0 Å². The van der Waals surface area contributed by atoms with Crippen LogP contribution in [0.25, 0.3) is 11.4 Å². The van der Waals surface area contributed by atoms with Crippen molar-refractivity contribution in [2.24, 2.45) is 7.05 Å². The summed E-state index contributed by atoms with van der Waals surface area (Å²) in [7, 11) is 1.63. The van der Waals surface area contributed by atoms with E-state index in [9.17, 15) is 9.18 Å². The summed E-state index contributed by atoms with van der Waals surface area (Å²) in [6.45, 7) is 0.247. The number of nitrogens with zero attached hydrogens (tertiary/aromatic N) is 3. The molecule has 0 aliphatic carbocycles. The molecule has 6 heteroatoms. The first-order valence-electron chi connectivity index (χ1n) is 5.11. The number of benzene rings is 1. The molecule has 1 heterocycles. The molecule has 0 unspecified atom stereocenters. The van der Waals surface area contributed by atoms with Crippen molar-refractivity contribution >= 4 is 22.6 Å². The second-order valence-corrected chi connectivity index (χ2v) is 4.14. The fraction of sp³-hybridized carbons (Fsp3) is 0.167. The first-order chi connectivity index (χ1) is 8.63. The zero-order valence-corrected chi connectivity index (χ0v) is 11.7. The van der Waals surface area contributed by atoms with Crippen molar-refractivity contribution in [3.8, 4) is 21.2 Å². The molecule has 0 radical (unpaired) electrons. The van der Waals surface area contributed by atoms with Crippen LogP contribution in [0.1, 0.15) is 0 Å². The lowest BCUT2D eigenvalue weighted by molar-refractivity contribution is 0.628. The SMILES string of the molecule is Cn1c(-c2ccc(F)cc2)nn(CC#CI)c1=O. The number of halogens is 2. The van der Waals surface area contributed by atoms with Crippen molar-refractivity contribution < 1.29 is 4.39 Å². The number of hydrogen-bond donors (Lipinski definition) is 0. The van der Waals surface area contributed by atoms with Gasteiger partial charge in [-0.05, 0) is 28.2 Å². The van der Waals surface area contributed by atoms with Crippen LogP contribution in [-0.4, -0.2) is 14.3 Å². The molecule has 0 spiro atoms. The molecular weight excluding hydrogens is 348 g/mol. The van der Waals surface area contributed by atoms with Crippen molar-refractivity contribution in [1.29, 1.82) is 0 Å². The molecule has 0 aliphatic heterocycles. The Kier molecular flexibility index (Phi) is 3.81. The van der Waals surface area contributed by atoms with Gasteiger partial charge >= 0.3 is 5.69 Å². The normalized spacial score (nSPS) is 9.94. The Morgan fingerprint density at radius 2 is 2.06 bits per heavy atom. The third kappa shape index (κ3) is 2.46. The van der Waals surface area contributed by atoms with Gasteiger partial charge in [0, 0.05) is 35.2 Å². The van der Waals surface area contributed by atoms with E-state index < -0.39 is 0 Å². The smallest absolute Gasteiger partial charge is 0.278 e. The lowest BCUT2D eigenvalue weighted by Gasteiger charge is -1.98. The first-order valence-corrected chi connectivity index (χ1v) is 6.19. The summed E-state index contributed by atoms with van der Waals surface area (Å²) in [4.78, 5) is 11.9. The highest BCUT2D eigenvalue weighted by Crippen LogP contribution is 2.15. The Balaban J connectivity index is 2.48. The quantitative estimate of drug-likeness (QED) is 0.607. The van der Waals surface area contributed by atoms with Gasteiger partial charge in [-0.25, -0.2) is 13.9 Å². The van der Waals surface area contributed by atoms with E-state index >= 15 is 0 Å². The van der Waals surface area contributed by atoms with Crippen LogP contribution in [0.4, 0.5) is 4.39 Å². The average Bonchev–Trinajstić information content (AvgIpc) is 2.65. The highest BCUT2D eigenvalue weighted by atomic mass is 127. The third-order valence-corrected chi connectivity index (χ3v) is 2.82. The standard InChI is InChI=1S/C12H9FIN3O/c1-16-11(9-3-5-10(13)6-4-9)15-17(12(16)18)8-2-7-14/h3-6H,8H2,1H3. The fourth-order valence-corrected chi connectivity index (χ4v) is 1.72. The first kappa shape index (κ1) is 12.8. The van der Waals surface area contributed by atoms with Crippen molar-refractivity contribution in [3.63, 3.8) is 0 Å². The second-order valence-electron chi connectivity index (χ2n) is 3.60. The molecular formula is C12H9FIN3O. The highest BCUT2D eigenvalue weighted by Gasteiger charge is 2.11. The van der Waals surface area contributed by atoms with Gasteiger partial charge in [-0.15, -0.1) is 5.10 Å². The van der Waals surface area contributed by atoms with Crippen LogP contribution in [0.15, 0.2) is 29.1 Å². The van der Waals surface area contributed by atoms with Crippen molar-refractivity contribution in [2.75, 3.05) is 0 Å². The van der Waals surface area contributed by atoms with E-state index in [1.807, 2.05) is 22.6 Å². The largest absolute Gasteiger partial charge is 0.346 e. The van der Waals surface area contributed by atoms with Gasteiger partial charge in [0.25, 0.3) is 0 Å². The lowest BCUT2D eigenvalue weighted by Crippen LogP contribution is -2.22. The summed E-state index contributed by atoms with van der Waals surface area (Å²) in [5.74, 6) is 2.95. The molecule has 2 rings (SSSR count). The van der Waals surface area contributed by atoms with Gasteiger partial charge in [-0.1, -0.05) is 5.92 Å². The zero-order chi connectivity index (χ0) is 13.1. The van der Waals surface area contributed by atoms with Gasteiger partial charge in [-0.2, -0.15) is 0 Å². The van der Waals surface area contributed by atoms with Crippen LogP contribution in [0, 0.1) is 15.7 Å². The van der Waals surface area contributed by atoms with E-state index in [-0.39, 0.29) is 18.1 Å². The molecule has 0 saturated heterocycles. The predicted molar refractivity (Wildman–Crippen MR) is 74.7 cm³/mol. The van der Waals surface area contributed by atoms with E-state index in [0.717, 1.165) is 0 Å². The van der Waals surface area contributed by atoms with Crippen LogP contribution in [0.5, 0.6) is 0 Å². The molecule has 0 N–H and O–H groups in total. The number of rotatable bonds is 2. The van der Waals surface area contributed by atoms with Crippen LogP contribution < -0.4 is 5.69 Å². The maximum atomic E-state index is 12.8. The minimum Gasteiger partial charge on any atom is -0.278 e. The van der Waals surface area contributed by atoms with E-state index in [1.54, 1.807) is 19.2 Å². The topological polar surface area (TPSA) is 39.8 Å². The molecule has 0 fully saturated rings. The number of aromatic nitrogens is 3. The molecule has 1 aromatic heterocycles. The van der Waals surface area contributed by atoms with Crippen molar-refractivity contribution in [2.45, 2.75) is 6.54 Å². The Hall–Kier alpha value is -1.62. The summed E-state index contributed by atoms with van der Waals surface area (Å²) >= 11 is 1.90. The summed E-state index contributed by atoms with van der Waals surface area (Å²) in [6.07, 6.45) is 0. The summed E-state index contributed by atoms with van der Waals surface area (Å²) < 4.78 is 18.2. The van der Waals surface area contributed by atoms with Gasteiger partial charge in [0.15, 0.2) is 5.82 Å². The maximum absolute atomic E-state index is 12.8. The van der Waals surface area contributed by atoms with Gasteiger partial charge in [0.2, 0.25) is 0 Å². The van der Waals surface area contributed by atoms with E-state index in [2.05, 4.69) is 14.9 Å². The van der Waals surface area contributed by atoms with Crippen LogP contribution in [-0.2, 0) is 13.6 Å². The second kappa shape index (κ2) is 5.35. The van der Waals surface area contributed by atoms with Gasteiger partial charge in [0.05, 0.1) is 0 Å². The predicted octanol–water partition coefficient (Wildman–Crippen LogP) is 1.78. The Labute approximate surface area is 117 Å². The molecule has 2 aromatic rings. The minimum atomic E-state index is -0.320. The summed E-state index contributed by atoms with van der Waals surface area (Å²) in [5, 5.41) is 4.19. The van der Waals surface area contributed by atoms with Crippen LogP contribution >= 0.6 is 22.6 Å². The number of hydrogen-bond acceptors (Lipinski definition) is 2. The Morgan fingerprint density at radius 1 is 1.39 bits per heavy atom. The van der Waals surface area contributed by atoms with Gasteiger partial charge < -0.3 is 0 Å². The van der Waals surface area contributed by atoms with Crippen LogP contribution in [0.3, 0.4) is 0 Å². The fourth-order valence-electron chi connectivity index (χ4n) is 1.55. The van der Waals surface area contributed by atoms with Crippen LogP contribution in [0.2, 0.25) is 0 Å².